The third-order valence-electron chi connectivity index (χ3n) is 2.83. The molecule has 0 aromatic carbocycles. The molecule has 0 amide bonds. The number of alkyl halides is 1. The van der Waals surface area contributed by atoms with Crippen molar-refractivity contribution in [2.75, 3.05) is 6.56 Å². The predicted molar refractivity (Wildman–Crippen MR) is 80.7 cm³/mol. The van der Waals surface area contributed by atoms with Crippen molar-refractivity contribution >= 4 is 27.9 Å². The molecule has 0 radical (unpaired) electrons. The van der Waals surface area contributed by atoms with E-state index in [4.69, 9.17) is 13.9 Å². The third-order valence-corrected chi connectivity index (χ3v) is 5.13. The second-order valence-electron chi connectivity index (χ2n) is 4.82. The van der Waals surface area contributed by atoms with Crippen molar-refractivity contribution in [2.45, 2.75) is 24.3 Å². The molecule has 1 aliphatic heterocycles. The van der Waals surface area contributed by atoms with Gasteiger partial charge < -0.3 is 29.6 Å². The molecule has 1 saturated heterocycles. The van der Waals surface area contributed by atoms with E-state index in [0.29, 0.717) is 0 Å². The molecule has 6 N–H and O–H groups in total. The SMILES string of the molecule is [2H]C([2H])(OP(=O)(O)OP(=O)(O)O)[C@@]1(F)O[C@@]([2H])(n2cc(F)c(=S)[nH]c2=O)[C@H](O)[C@@H]1O. The van der Waals surface area contributed by atoms with Gasteiger partial charge in [0.2, 0.25) is 0 Å². The molecule has 27 heavy (non-hydrogen) atoms. The van der Waals surface area contributed by atoms with Gasteiger partial charge in [-0.1, -0.05) is 12.2 Å². The molecule has 18 heteroatoms. The number of rotatable bonds is 6. The number of aliphatic hydroxyl groups is 2. The van der Waals surface area contributed by atoms with Gasteiger partial charge in [-0.15, -0.1) is 0 Å². The van der Waals surface area contributed by atoms with Crippen LogP contribution in [-0.4, -0.2) is 59.1 Å². The Kier molecular flexibility index (Phi) is 5.04. The average molecular weight is 459 g/mol. The van der Waals surface area contributed by atoms with Gasteiger partial charge in [0.15, 0.2) is 12.0 Å². The Balaban J connectivity index is 2.51. The van der Waals surface area contributed by atoms with E-state index in [9.17, 15) is 33.4 Å². The maximum atomic E-state index is 15.2. The minimum atomic E-state index is -6.08. The zero-order valence-corrected chi connectivity index (χ0v) is 15.0. The minimum absolute atomic E-state index is 0.145. The van der Waals surface area contributed by atoms with Crippen LogP contribution in [0.25, 0.3) is 0 Å². The van der Waals surface area contributed by atoms with Crippen LogP contribution in [0.4, 0.5) is 8.78 Å². The number of phosphoric acid groups is 2. The summed E-state index contributed by atoms with van der Waals surface area (Å²) >= 11 is 4.42. The van der Waals surface area contributed by atoms with Crippen molar-refractivity contribution < 1.29 is 60.5 Å². The number of nitrogens with one attached hydrogen (secondary N) is 1. The highest BCUT2D eigenvalue weighted by Gasteiger charge is 2.57. The van der Waals surface area contributed by atoms with Crippen LogP contribution in [-0.2, 0) is 22.7 Å². The molecule has 1 aromatic heterocycles. The fourth-order valence-corrected chi connectivity index (χ4v) is 3.35. The van der Waals surface area contributed by atoms with Crippen LogP contribution in [0.1, 0.15) is 10.3 Å². The van der Waals surface area contributed by atoms with Crippen molar-refractivity contribution in [3.05, 3.63) is 27.1 Å². The Morgan fingerprint density at radius 1 is 1.48 bits per heavy atom. The van der Waals surface area contributed by atoms with Crippen LogP contribution in [0.2, 0.25) is 0 Å². The summed E-state index contributed by atoms with van der Waals surface area (Å²) < 4.78 is 84.3. The molecule has 2 heterocycles. The fourth-order valence-electron chi connectivity index (χ4n) is 1.77. The number of halogens is 2. The first-order valence-corrected chi connectivity index (χ1v) is 9.77. The van der Waals surface area contributed by atoms with Crippen molar-refractivity contribution in [3.63, 3.8) is 0 Å². The summed E-state index contributed by atoms with van der Waals surface area (Å²) in [6.45, 7) is -4.35. The van der Waals surface area contributed by atoms with Crippen LogP contribution < -0.4 is 5.69 Å². The summed E-state index contributed by atoms with van der Waals surface area (Å²) in [4.78, 5) is 39.8. The largest absolute Gasteiger partial charge is 0.481 e. The monoisotopic (exact) mass is 459 g/mol. The maximum absolute atomic E-state index is 15.2. The van der Waals surface area contributed by atoms with Gasteiger partial charge in [-0.25, -0.2) is 22.7 Å². The third kappa shape index (κ3) is 5.13. The van der Waals surface area contributed by atoms with Crippen molar-refractivity contribution in [1.29, 1.82) is 0 Å². The maximum Gasteiger partial charge on any atom is 0.481 e. The van der Waals surface area contributed by atoms with Gasteiger partial charge >= 0.3 is 21.3 Å². The molecule has 2 rings (SSSR count). The summed E-state index contributed by atoms with van der Waals surface area (Å²) in [6, 6.07) is 0. The average Bonchev–Trinajstić information content (AvgIpc) is 2.70. The lowest BCUT2D eigenvalue weighted by molar-refractivity contribution is -0.205. The number of hydrogen-bond acceptors (Lipinski definition) is 9. The molecule has 1 fully saturated rings. The Labute approximate surface area is 156 Å². The molecule has 0 bridgehead atoms. The number of aliphatic hydroxyl groups excluding tert-OH is 2. The van der Waals surface area contributed by atoms with Crippen molar-refractivity contribution in [1.82, 2.24) is 9.55 Å². The van der Waals surface area contributed by atoms with E-state index in [1.807, 2.05) is 0 Å². The predicted octanol–water partition coefficient (Wildman–Crippen LogP) is -0.812. The second kappa shape index (κ2) is 7.50. The van der Waals surface area contributed by atoms with Gasteiger partial charge in [-0.2, -0.15) is 4.31 Å². The highest BCUT2D eigenvalue weighted by Crippen LogP contribution is 2.58. The lowest BCUT2D eigenvalue weighted by Crippen LogP contribution is -2.43. The number of nitrogens with zero attached hydrogens (tertiary/aromatic N) is 1. The number of ether oxygens (including phenoxy) is 1. The molecule has 1 aliphatic rings. The Hall–Kier alpha value is -0.900. The van der Waals surface area contributed by atoms with Gasteiger partial charge in [-0.05, 0) is 0 Å². The number of aromatic nitrogens is 2. The van der Waals surface area contributed by atoms with E-state index in [1.165, 1.54) is 0 Å². The molecule has 0 spiro atoms. The topological polar surface area (TPSA) is 201 Å². The van der Waals surface area contributed by atoms with Gasteiger partial charge in [-0.3, -0.25) is 14.1 Å². The summed E-state index contributed by atoms with van der Waals surface area (Å²) in [7, 11) is -11.8. The van der Waals surface area contributed by atoms with Gasteiger partial charge in [0, 0.05) is 0 Å². The first kappa shape index (κ1) is 18.1. The molecule has 154 valence electrons. The van der Waals surface area contributed by atoms with Gasteiger partial charge in [0.05, 0.1) is 10.3 Å². The molecule has 1 aromatic rings. The van der Waals surface area contributed by atoms with E-state index < -0.39 is 62.6 Å². The quantitative estimate of drug-likeness (QED) is 0.229. The molecule has 5 atom stereocenters. The number of H-pyrrole nitrogens is 1. The number of aromatic amines is 1. The summed E-state index contributed by atoms with van der Waals surface area (Å²) in [5.74, 6) is -5.81. The minimum Gasteiger partial charge on any atom is -0.385 e. The Bertz CT molecular complexity index is 1070. The first-order chi connectivity index (χ1) is 13.3. The van der Waals surface area contributed by atoms with E-state index >= 15 is 4.39 Å². The van der Waals surface area contributed by atoms with Crippen molar-refractivity contribution in [2.24, 2.45) is 0 Å². The molecular formula is C9H12F2N2O11P2S. The first-order valence-electron chi connectivity index (χ1n) is 7.83. The van der Waals surface area contributed by atoms with E-state index in [2.05, 4.69) is 25.8 Å². The molecule has 13 nitrogen and oxygen atoms in total. The van der Waals surface area contributed by atoms with Gasteiger partial charge in [0.1, 0.15) is 23.4 Å². The lowest BCUT2D eigenvalue weighted by atomic mass is 10.1. The standard InChI is InChI=1S/C9H12F2N2O11P2S/c10-3-1-13(8(16)12-6(3)27)7-4(14)5(15)9(11,23-7)2-22-26(20,21)24-25(17,18)19/h1,4-5,7,14-15H,2H2,(H,20,21)(H,12,16,27)(H2,17,18,19)/t4-,5+,7-,9-/m1/s1/i2D2,7D. The van der Waals surface area contributed by atoms with Crippen LogP contribution in [0.5, 0.6) is 0 Å². The second-order valence-corrected chi connectivity index (χ2v) is 7.98. The zero-order chi connectivity index (χ0) is 23.5. The van der Waals surface area contributed by atoms with E-state index in [0.717, 1.165) is 0 Å². The molecule has 0 saturated carbocycles. The summed E-state index contributed by atoms with van der Waals surface area (Å²) in [5, 5.41) is 19.9. The normalized spacial score (nSPS) is 35.9. The highest BCUT2D eigenvalue weighted by molar-refractivity contribution is 7.71. The van der Waals surface area contributed by atoms with E-state index in [-0.39, 0.29) is 10.8 Å². The number of phosphoric ester groups is 1. The summed E-state index contributed by atoms with van der Waals surface area (Å²) in [6.07, 6.45) is -9.28. The van der Waals surface area contributed by atoms with Crippen LogP contribution in [0.15, 0.2) is 11.0 Å². The van der Waals surface area contributed by atoms with Crippen LogP contribution >= 0.6 is 27.9 Å². The van der Waals surface area contributed by atoms with E-state index in [1.54, 1.807) is 4.98 Å². The van der Waals surface area contributed by atoms with Crippen LogP contribution in [0, 0.1) is 10.5 Å². The molecule has 1 unspecified atom stereocenters. The molecular weight excluding hydrogens is 444 g/mol. The lowest BCUT2D eigenvalue weighted by Gasteiger charge is -2.23. The Morgan fingerprint density at radius 2 is 2.07 bits per heavy atom. The Morgan fingerprint density at radius 3 is 2.63 bits per heavy atom. The smallest absolute Gasteiger partial charge is 0.385 e. The van der Waals surface area contributed by atoms with Crippen molar-refractivity contribution in [3.8, 4) is 0 Å². The summed E-state index contributed by atoms with van der Waals surface area (Å²) in [5.41, 5.74) is -1.47. The highest BCUT2D eigenvalue weighted by atomic mass is 32.1. The van der Waals surface area contributed by atoms with Crippen LogP contribution in [0.3, 0.4) is 0 Å². The number of hydrogen-bond donors (Lipinski definition) is 6. The molecule has 0 aliphatic carbocycles. The fraction of sp³-hybridized carbons (Fsp3) is 0.556. The zero-order valence-electron chi connectivity index (χ0n) is 15.4. The van der Waals surface area contributed by atoms with Gasteiger partial charge in [0.25, 0.3) is 5.85 Å².